The lowest BCUT2D eigenvalue weighted by atomic mass is 10.2. The standard InChI is InChI=1S/C19H14N2O5S/c1-11-14(20-18(26-11)15-3-2-8-24-15)10-25-13-6-4-12(5-7-13)9-16-17(22)21-19(23)27-16/h2-9H,10H2,1H3,(H,21,22,23). The minimum atomic E-state index is -0.376. The van der Waals surface area contributed by atoms with Gasteiger partial charge in [0.2, 0.25) is 0 Å². The molecule has 3 aromatic rings. The van der Waals surface area contributed by atoms with Crippen molar-refractivity contribution in [3.63, 3.8) is 0 Å². The number of imide groups is 1. The molecule has 0 atom stereocenters. The molecule has 3 heterocycles. The number of rotatable bonds is 5. The molecular formula is C19H14N2O5S. The predicted octanol–water partition coefficient (Wildman–Crippen LogP) is 4.15. The molecule has 1 aromatic carbocycles. The Balaban J connectivity index is 1.42. The van der Waals surface area contributed by atoms with Crippen molar-refractivity contribution in [2.24, 2.45) is 0 Å². The van der Waals surface area contributed by atoms with Gasteiger partial charge in [0, 0.05) is 0 Å². The largest absolute Gasteiger partial charge is 0.487 e. The van der Waals surface area contributed by atoms with E-state index in [9.17, 15) is 9.59 Å². The van der Waals surface area contributed by atoms with Gasteiger partial charge in [-0.05, 0) is 54.6 Å². The summed E-state index contributed by atoms with van der Waals surface area (Å²) in [4.78, 5) is 27.5. The predicted molar refractivity (Wildman–Crippen MR) is 98.8 cm³/mol. The highest BCUT2D eigenvalue weighted by atomic mass is 32.2. The van der Waals surface area contributed by atoms with Crippen LogP contribution in [0.1, 0.15) is 17.0 Å². The molecule has 7 nitrogen and oxygen atoms in total. The third-order valence-corrected chi connectivity index (χ3v) is 4.63. The lowest BCUT2D eigenvalue weighted by Crippen LogP contribution is -2.17. The Hall–Kier alpha value is -3.26. The van der Waals surface area contributed by atoms with Crippen LogP contribution < -0.4 is 10.1 Å². The van der Waals surface area contributed by atoms with Crippen LogP contribution in [0.3, 0.4) is 0 Å². The van der Waals surface area contributed by atoms with Gasteiger partial charge >= 0.3 is 0 Å². The van der Waals surface area contributed by atoms with Crippen LogP contribution in [0, 0.1) is 6.92 Å². The minimum absolute atomic E-state index is 0.253. The number of nitrogens with zero attached hydrogens (tertiary/aromatic N) is 1. The maximum absolute atomic E-state index is 11.6. The minimum Gasteiger partial charge on any atom is -0.487 e. The summed E-state index contributed by atoms with van der Waals surface area (Å²) in [5, 5.41) is 1.87. The van der Waals surface area contributed by atoms with Gasteiger partial charge in [-0.1, -0.05) is 12.1 Å². The van der Waals surface area contributed by atoms with Gasteiger partial charge in [0.1, 0.15) is 23.8 Å². The van der Waals surface area contributed by atoms with Gasteiger partial charge in [-0.25, -0.2) is 4.98 Å². The average Bonchev–Trinajstić information content (AvgIpc) is 3.36. The Morgan fingerprint density at radius 1 is 1.22 bits per heavy atom. The van der Waals surface area contributed by atoms with Gasteiger partial charge in [0.05, 0.1) is 11.2 Å². The van der Waals surface area contributed by atoms with Crippen molar-refractivity contribution in [1.29, 1.82) is 0 Å². The van der Waals surface area contributed by atoms with Crippen molar-refractivity contribution in [1.82, 2.24) is 10.3 Å². The zero-order chi connectivity index (χ0) is 18.8. The molecule has 0 bridgehead atoms. The summed E-state index contributed by atoms with van der Waals surface area (Å²) in [5.41, 5.74) is 1.48. The molecule has 4 rings (SSSR count). The van der Waals surface area contributed by atoms with Gasteiger partial charge in [-0.2, -0.15) is 0 Å². The van der Waals surface area contributed by atoms with E-state index in [1.165, 1.54) is 0 Å². The number of carbonyl (C=O) groups is 2. The van der Waals surface area contributed by atoms with Crippen LogP contribution >= 0.6 is 11.8 Å². The molecule has 27 heavy (non-hydrogen) atoms. The maximum Gasteiger partial charge on any atom is 0.290 e. The average molecular weight is 382 g/mol. The maximum atomic E-state index is 11.6. The lowest BCUT2D eigenvalue weighted by molar-refractivity contribution is -0.115. The number of amides is 2. The molecule has 1 aliphatic rings. The Labute approximate surface area is 158 Å². The fraction of sp³-hybridized carbons (Fsp3) is 0.105. The number of carbonyl (C=O) groups excluding carboxylic acids is 2. The number of hydrogen-bond acceptors (Lipinski definition) is 7. The summed E-state index contributed by atoms with van der Waals surface area (Å²) < 4.78 is 16.6. The van der Waals surface area contributed by atoms with Crippen molar-refractivity contribution in [2.75, 3.05) is 0 Å². The number of benzene rings is 1. The Bertz CT molecular complexity index is 1020. The van der Waals surface area contributed by atoms with E-state index < -0.39 is 0 Å². The summed E-state index contributed by atoms with van der Waals surface area (Å²) in [5.74, 6) is 1.92. The first-order valence-corrected chi connectivity index (χ1v) is 8.88. The number of thioether (sulfide) groups is 1. The van der Waals surface area contributed by atoms with Crippen molar-refractivity contribution < 1.29 is 23.2 Å². The second-order valence-electron chi connectivity index (χ2n) is 5.71. The molecular weight excluding hydrogens is 368 g/mol. The molecule has 1 N–H and O–H groups in total. The monoisotopic (exact) mass is 382 g/mol. The second kappa shape index (κ2) is 7.16. The number of aryl methyl sites for hydroxylation is 1. The van der Waals surface area contributed by atoms with Crippen LogP contribution in [0.15, 0.2) is 56.4 Å². The van der Waals surface area contributed by atoms with Crippen LogP contribution in [-0.2, 0) is 11.4 Å². The van der Waals surface area contributed by atoms with Crippen LogP contribution in [0.2, 0.25) is 0 Å². The van der Waals surface area contributed by atoms with E-state index in [4.69, 9.17) is 13.6 Å². The Morgan fingerprint density at radius 3 is 2.70 bits per heavy atom. The molecule has 136 valence electrons. The van der Waals surface area contributed by atoms with E-state index in [2.05, 4.69) is 10.3 Å². The summed E-state index contributed by atoms with van der Waals surface area (Å²) in [6.07, 6.45) is 3.22. The van der Waals surface area contributed by atoms with Crippen molar-refractivity contribution in [3.8, 4) is 17.4 Å². The topological polar surface area (TPSA) is 94.6 Å². The van der Waals surface area contributed by atoms with Gasteiger partial charge in [0.15, 0.2) is 5.76 Å². The number of ether oxygens (including phenoxy) is 1. The lowest BCUT2D eigenvalue weighted by Gasteiger charge is -2.05. The third kappa shape index (κ3) is 3.80. The zero-order valence-electron chi connectivity index (χ0n) is 14.2. The fourth-order valence-electron chi connectivity index (χ4n) is 2.45. The van der Waals surface area contributed by atoms with Crippen LogP contribution in [0.5, 0.6) is 5.75 Å². The van der Waals surface area contributed by atoms with Crippen molar-refractivity contribution in [2.45, 2.75) is 13.5 Å². The van der Waals surface area contributed by atoms with E-state index in [1.807, 2.05) is 19.1 Å². The number of hydrogen-bond donors (Lipinski definition) is 1. The summed E-state index contributed by atoms with van der Waals surface area (Å²) >= 11 is 0.887. The van der Waals surface area contributed by atoms with Gasteiger partial charge < -0.3 is 13.6 Å². The fourth-order valence-corrected chi connectivity index (χ4v) is 3.13. The zero-order valence-corrected chi connectivity index (χ0v) is 15.0. The number of nitrogens with one attached hydrogen (secondary N) is 1. The summed E-state index contributed by atoms with van der Waals surface area (Å²) in [6.45, 7) is 2.07. The van der Waals surface area contributed by atoms with E-state index >= 15 is 0 Å². The highest BCUT2D eigenvalue weighted by Gasteiger charge is 2.24. The molecule has 2 aromatic heterocycles. The molecule has 0 unspecified atom stereocenters. The van der Waals surface area contributed by atoms with Gasteiger partial charge in [-0.15, -0.1) is 0 Å². The van der Waals surface area contributed by atoms with Crippen LogP contribution in [-0.4, -0.2) is 16.1 Å². The van der Waals surface area contributed by atoms with Crippen LogP contribution in [0.4, 0.5) is 4.79 Å². The van der Waals surface area contributed by atoms with E-state index in [1.54, 1.807) is 36.6 Å². The Morgan fingerprint density at radius 2 is 2.04 bits per heavy atom. The van der Waals surface area contributed by atoms with Crippen molar-refractivity contribution >= 4 is 29.0 Å². The molecule has 0 radical (unpaired) electrons. The smallest absolute Gasteiger partial charge is 0.290 e. The molecule has 1 saturated heterocycles. The molecule has 0 spiro atoms. The summed E-state index contributed by atoms with van der Waals surface area (Å²) in [7, 11) is 0. The third-order valence-electron chi connectivity index (χ3n) is 3.82. The first-order chi connectivity index (χ1) is 13.1. The molecule has 8 heteroatoms. The highest BCUT2D eigenvalue weighted by Crippen LogP contribution is 2.27. The first-order valence-electron chi connectivity index (χ1n) is 8.06. The number of furan rings is 1. The van der Waals surface area contributed by atoms with E-state index in [-0.39, 0.29) is 17.8 Å². The normalized spacial score (nSPS) is 15.4. The SMILES string of the molecule is Cc1oc(-c2ccco2)nc1COc1ccc(C=C2SC(=O)NC2=O)cc1. The second-order valence-corrected chi connectivity index (χ2v) is 6.72. The first kappa shape index (κ1) is 17.2. The van der Waals surface area contributed by atoms with Gasteiger partial charge in [0.25, 0.3) is 17.0 Å². The quantitative estimate of drug-likeness (QED) is 0.663. The highest BCUT2D eigenvalue weighted by molar-refractivity contribution is 8.18. The van der Waals surface area contributed by atoms with E-state index in [0.717, 1.165) is 17.3 Å². The van der Waals surface area contributed by atoms with E-state index in [0.29, 0.717) is 33.8 Å². The molecule has 0 saturated carbocycles. The number of oxazole rings is 1. The Kier molecular flexibility index (Phi) is 4.55. The van der Waals surface area contributed by atoms with Crippen LogP contribution in [0.25, 0.3) is 17.7 Å². The molecule has 1 aliphatic heterocycles. The number of aromatic nitrogens is 1. The molecule has 2 amide bonds. The molecule has 1 fully saturated rings. The van der Waals surface area contributed by atoms with Gasteiger partial charge in [-0.3, -0.25) is 14.9 Å². The van der Waals surface area contributed by atoms with Crippen molar-refractivity contribution in [3.05, 3.63) is 64.6 Å². The summed E-state index contributed by atoms with van der Waals surface area (Å²) in [6, 6.07) is 10.7. The molecule has 0 aliphatic carbocycles.